The third-order valence-electron chi connectivity index (χ3n) is 4.09. The zero-order valence-electron chi connectivity index (χ0n) is 13.6. The minimum Gasteiger partial charge on any atom is -0.356 e. The highest BCUT2D eigenvalue weighted by Gasteiger charge is 2.20. The Bertz CT molecular complexity index is 275. The highest BCUT2D eigenvalue weighted by molar-refractivity contribution is 5.78. The van der Waals surface area contributed by atoms with Gasteiger partial charge in [-0.25, -0.2) is 0 Å². The van der Waals surface area contributed by atoms with E-state index < -0.39 is 0 Å². The maximum absolute atomic E-state index is 11.9. The molecule has 0 saturated carbocycles. The zero-order chi connectivity index (χ0) is 15.0. The molecule has 5 heteroatoms. The Labute approximate surface area is 124 Å². The summed E-state index contributed by atoms with van der Waals surface area (Å²) in [6.45, 7) is 8.17. The molecule has 20 heavy (non-hydrogen) atoms. The summed E-state index contributed by atoms with van der Waals surface area (Å²) in [6, 6.07) is 0. The number of hydrogen-bond acceptors (Lipinski definition) is 4. The Morgan fingerprint density at radius 1 is 1.35 bits per heavy atom. The van der Waals surface area contributed by atoms with Gasteiger partial charge in [-0.3, -0.25) is 4.79 Å². The quantitative estimate of drug-likeness (QED) is 0.670. The van der Waals surface area contributed by atoms with Gasteiger partial charge in [0.25, 0.3) is 0 Å². The second kappa shape index (κ2) is 9.32. The maximum Gasteiger partial charge on any atom is 0.224 e. The summed E-state index contributed by atoms with van der Waals surface area (Å²) < 4.78 is 0. The number of rotatable bonds is 8. The first-order valence-electron chi connectivity index (χ1n) is 7.82. The lowest BCUT2D eigenvalue weighted by Crippen LogP contribution is -2.42. The molecule has 1 saturated heterocycles. The van der Waals surface area contributed by atoms with Crippen LogP contribution in [0.1, 0.15) is 19.8 Å². The summed E-state index contributed by atoms with van der Waals surface area (Å²) in [6.07, 6.45) is 2.40. The van der Waals surface area contributed by atoms with Gasteiger partial charge in [-0.2, -0.15) is 0 Å². The Balaban J connectivity index is 2.14. The predicted octanol–water partition coefficient (Wildman–Crippen LogP) is 0.232. The van der Waals surface area contributed by atoms with Crippen LogP contribution in [0.4, 0.5) is 0 Å². The fourth-order valence-corrected chi connectivity index (χ4v) is 2.57. The summed E-state index contributed by atoms with van der Waals surface area (Å²) in [5, 5.41) is 6.14. The van der Waals surface area contributed by atoms with Gasteiger partial charge in [0.2, 0.25) is 5.91 Å². The van der Waals surface area contributed by atoms with Crippen molar-refractivity contribution in [2.24, 2.45) is 11.8 Å². The van der Waals surface area contributed by atoms with Crippen LogP contribution in [0.5, 0.6) is 0 Å². The Morgan fingerprint density at radius 3 is 2.55 bits per heavy atom. The summed E-state index contributed by atoms with van der Waals surface area (Å²) in [4.78, 5) is 16.6. The van der Waals surface area contributed by atoms with Gasteiger partial charge in [-0.15, -0.1) is 0 Å². The van der Waals surface area contributed by atoms with Gasteiger partial charge >= 0.3 is 0 Å². The average molecular weight is 284 g/mol. The van der Waals surface area contributed by atoms with Crippen LogP contribution in [0.2, 0.25) is 0 Å². The van der Waals surface area contributed by atoms with Gasteiger partial charge in [0.15, 0.2) is 0 Å². The van der Waals surface area contributed by atoms with Crippen LogP contribution in [-0.4, -0.2) is 76.1 Å². The van der Waals surface area contributed by atoms with Crippen molar-refractivity contribution in [2.45, 2.75) is 19.8 Å². The van der Waals surface area contributed by atoms with E-state index in [0.29, 0.717) is 5.92 Å². The molecular formula is C15H32N4O. The second-order valence-corrected chi connectivity index (χ2v) is 6.29. The molecule has 0 aromatic heterocycles. The Kier molecular flexibility index (Phi) is 8.11. The van der Waals surface area contributed by atoms with Gasteiger partial charge < -0.3 is 20.4 Å². The highest BCUT2D eigenvalue weighted by Crippen LogP contribution is 2.16. The lowest BCUT2D eigenvalue weighted by atomic mass is 9.96. The van der Waals surface area contributed by atoms with Crippen LogP contribution in [0.15, 0.2) is 0 Å². The first kappa shape index (κ1) is 17.4. The number of likely N-dealkylation sites (N-methyl/N-ethyl adjacent to an activating group) is 1. The normalized spacial score (nSPS) is 19.2. The number of hydrogen-bond donors (Lipinski definition) is 2. The number of likely N-dealkylation sites (tertiary alicyclic amines) is 1. The largest absolute Gasteiger partial charge is 0.356 e. The lowest BCUT2D eigenvalue weighted by molar-refractivity contribution is -0.124. The first-order chi connectivity index (χ1) is 9.52. The van der Waals surface area contributed by atoms with E-state index in [9.17, 15) is 4.79 Å². The Morgan fingerprint density at radius 2 is 2.00 bits per heavy atom. The molecule has 0 radical (unpaired) electrons. The van der Waals surface area contributed by atoms with Gasteiger partial charge in [-0.05, 0) is 53.0 Å². The summed E-state index contributed by atoms with van der Waals surface area (Å²) in [7, 11) is 6.12. The average Bonchev–Trinajstić information content (AvgIpc) is 2.43. The number of nitrogens with one attached hydrogen (secondary N) is 2. The zero-order valence-corrected chi connectivity index (χ0v) is 13.6. The molecule has 0 aromatic rings. The van der Waals surface area contributed by atoms with Crippen LogP contribution in [-0.2, 0) is 4.79 Å². The van der Waals surface area contributed by atoms with Crippen LogP contribution >= 0.6 is 0 Å². The molecule has 0 spiro atoms. The van der Waals surface area contributed by atoms with Gasteiger partial charge in [0.05, 0.1) is 0 Å². The van der Waals surface area contributed by atoms with E-state index >= 15 is 0 Å². The van der Waals surface area contributed by atoms with Crippen molar-refractivity contribution in [3.8, 4) is 0 Å². The monoisotopic (exact) mass is 284 g/mol. The lowest BCUT2D eigenvalue weighted by Gasteiger charge is -2.32. The van der Waals surface area contributed by atoms with E-state index in [1.54, 1.807) is 0 Å². The van der Waals surface area contributed by atoms with Crippen LogP contribution in [0, 0.1) is 11.8 Å². The third kappa shape index (κ3) is 6.68. The second-order valence-electron chi connectivity index (χ2n) is 6.29. The third-order valence-corrected chi connectivity index (χ3v) is 4.09. The number of carbonyl (C=O) groups is 1. The van der Waals surface area contributed by atoms with Crippen molar-refractivity contribution in [2.75, 3.05) is 60.4 Å². The van der Waals surface area contributed by atoms with E-state index in [4.69, 9.17) is 0 Å². The molecule has 1 atom stereocenters. The number of nitrogens with zero attached hydrogens (tertiary/aromatic N) is 2. The predicted molar refractivity (Wildman–Crippen MR) is 83.8 cm³/mol. The molecule has 1 aliphatic rings. The molecule has 1 amide bonds. The van der Waals surface area contributed by atoms with Gasteiger partial charge in [0.1, 0.15) is 0 Å². The van der Waals surface area contributed by atoms with Crippen molar-refractivity contribution < 1.29 is 4.79 Å². The summed E-state index contributed by atoms with van der Waals surface area (Å²) >= 11 is 0. The molecule has 0 aliphatic carbocycles. The smallest absolute Gasteiger partial charge is 0.224 e. The van der Waals surface area contributed by atoms with Crippen LogP contribution in [0.3, 0.4) is 0 Å². The van der Waals surface area contributed by atoms with Crippen LogP contribution in [0.25, 0.3) is 0 Å². The first-order valence-corrected chi connectivity index (χ1v) is 7.82. The molecule has 0 bridgehead atoms. The molecule has 1 unspecified atom stereocenters. The van der Waals surface area contributed by atoms with E-state index in [2.05, 4.69) is 34.5 Å². The minimum absolute atomic E-state index is 0.0557. The molecule has 1 aliphatic heterocycles. The van der Waals surface area contributed by atoms with Crippen LogP contribution < -0.4 is 10.6 Å². The summed E-state index contributed by atoms with van der Waals surface area (Å²) in [5.41, 5.74) is 0. The van der Waals surface area contributed by atoms with E-state index in [1.807, 2.05) is 14.0 Å². The minimum atomic E-state index is 0.0557. The fraction of sp³-hybridized carbons (Fsp3) is 0.933. The van der Waals surface area contributed by atoms with Crippen molar-refractivity contribution in [1.29, 1.82) is 0 Å². The standard InChI is InChI=1S/C15H32N4O/c1-13(11-16-2)15(20)17-12-14-5-7-19(8-6-14)10-9-18(3)4/h13-14,16H,5-12H2,1-4H3,(H,17,20). The van der Waals surface area contributed by atoms with Crippen molar-refractivity contribution in [3.63, 3.8) is 0 Å². The molecule has 2 N–H and O–H groups in total. The topological polar surface area (TPSA) is 47.6 Å². The number of carbonyl (C=O) groups excluding carboxylic acids is 1. The molecule has 0 aromatic carbocycles. The van der Waals surface area contributed by atoms with Gasteiger partial charge in [0, 0.05) is 32.1 Å². The Hall–Kier alpha value is -0.650. The highest BCUT2D eigenvalue weighted by atomic mass is 16.1. The maximum atomic E-state index is 11.9. The number of piperidine rings is 1. The molecule has 5 nitrogen and oxygen atoms in total. The van der Waals surface area contributed by atoms with Crippen molar-refractivity contribution >= 4 is 5.91 Å². The van der Waals surface area contributed by atoms with Crippen molar-refractivity contribution in [3.05, 3.63) is 0 Å². The number of amides is 1. The van der Waals surface area contributed by atoms with Gasteiger partial charge in [-0.1, -0.05) is 6.92 Å². The molecule has 118 valence electrons. The molecule has 1 rings (SSSR count). The fourth-order valence-electron chi connectivity index (χ4n) is 2.57. The van der Waals surface area contributed by atoms with E-state index in [0.717, 1.165) is 26.2 Å². The molecular weight excluding hydrogens is 252 g/mol. The molecule has 1 heterocycles. The van der Waals surface area contributed by atoms with Crippen molar-refractivity contribution in [1.82, 2.24) is 20.4 Å². The van der Waals surface area contributed by atoms with E-state index in [1.165, 1.54) is 25.9 Å². The SMILES string of the molecule is CNCC(C)C(=O)NCC1CCN(CCN(C)C)CC1. The summed E-state index contributed by atoms with van der Waals surface area (Å²) in [5.74, 6) is 0.880. The van der Waals surface area contributed by atoms with E-state index in [-0.39, 0.29) is 11.8 Å². The molecule has 1 fully saturated rings.